The van der Waals surface area contributed by atoms with Gasteiger partial charge < -0.3 is 15.4 Å². The van der Waals surface area contributed by atoms with Crippen LogP contribution in [-0.4, -0.2) is 53.9 Å². The molecule has 27 heavy (non-hydrogen) atoms. The van der Waals surface area contributed by atoms with Crippen LogP contribution in [0.5, 0.6) is 0 Å². The Labute approximate surface area is 165 Å². The number of carbonyl (C=O) groups excluding carboxylic acids is 1. The summed E-state index contributed by atoms with van der Waals surface area (Å²) in [7, 11) is 0. The van der Waals surface area contributed by atoms with E-state index in [1.54, 1.807) is 0 Å². The number of nitrogens with one attached hydrogen (secondary N) is 3. The monoisotopic (exact) mass is 391 g/mol. The van der Waals surface area contributed by atoms with E-state index in [1.807, 2.05) is 6.07 Å². The van der Waals surface area contributed by atoms with Crippen LogP contribution in [0.3, 0.4) is 0 Å². The van der Waals surface area contributed by atoms with E-state index in [9.17, 15) is 4.79 Å². The number of fused-ring (bicyclic) bond motifs is 1. The predicted octanol–water partition coefficient (Wildman–Crippen LogP) is 1.24. The second kappa shape index (κ2) is 9.32. The number of carbonyl (C=O) groups is 1. The number of halogens is 1. The maximum Gasteiger partial charge on any atom is 0.272 e. The molecular weight excluding hydrogens is 366 g/mol. The Morgan fingerprint density at radius 1 is 1.26 bits per heavy atom. The molecule has 4 rings (SSSR count). The third-order valence-electron chi connectivity index (χ3n) is 4.98. The van der Waals surface area contributed by atoms with E-state index in [0.717, 1.165) is 62.6 Å². The van der Waals surface area contributed by atoms with E-state index in [-0.39, 0.29) is 18.3 Å². The summed E-state index contributed by atoms with van der Waals surface area (Å²) in [4.78, 5) is 14.9. The number of hydrogen-bond donors (Lipinski definition) is 3. The first-order valence-corrected chi connectivity index (χ1v) is 9.22. The fraction of sp³-hybridized carbons (Fsp3) is 0.474. The third-order valence-corrected chi connectivity index (χ3v) is 4.98. The van der Waals surface area contributed by atoms with Crippen molar-refractivity contribution in [2.75, 3.05) is 32.8 Å². The first-order valence-electron chi connectivity index (χ1n) is 9.22. The largest absolute Gasteiger partial charge is 0.379 e. The molecule has 1 aromatic heterocycles. The number of benzene rings is 1. The summed E-state index contributed by atoms with van der Waals surface area (Å²) in [6.45, 7) is 6.60. The van der Waals surface area contributed by atoms with Crippen molar-refractivity contribution in [3.63, 3.8) is 0 Å². The van der Waals surface area contributed by atoms with E-state index >= 15 is 0 Å². The van der Waals surface area contributed by atoms with Gasteiger partial charge in [-0.25, -0.2) is 0 Å². The lowest BCUT2D eigenvalue weighted by Crippen LogP contribution is -2.35. The highest BCUT2D eigenvalue weighted by Crippen LogP contribution is 2.15. The fourth-order valence-electron chi connectivity index (χ4n) is 3.53. The zero-order chi connectivity index (χ0) is 17.8. The normalized spacial score (nSPS) is 17.0. The molecule has 1 amide bonds. The van der Waals surface area contributed by atoms with Gasteiger partial charge in [0.2, 0.25) is 0 Å². The van der Waals surface area contributed by atoms with Gasteiger partial charge in [0, 0.05) is 56.9 Å². The lowest BCUT2D eigenvalue weighted by molar-refractivity contribution is 0.0342. The maximum absolute atomic E-state index is 12.5. The van der Waals surface area contributed by atoms with E-state index in [1.165, 1.54) is 5.56 Å². The maximum atomic E-state index is 12.5. The van der Waals surface area contributed by atoms with Crippen LogP contribution in [0.15, 0.2) is 24.3 Å². The van der Waals surface area contributed by atoms with Crippen LogP contribution >= 0.6 is 12.4 Å². The lowest BCUT2D eigenvalue weighted by atomic mass is 10.1. The molecule has 3 heterocycles. The number of rotatable bonds is 5. The number of hydrogen-bond acceptors (Lipinski definition) is 5. The standard InChI is InChI=1S/C19H25N5O2.ClH/c25-19(18-16-12-20-5-4-17(16)22-23-18)21-11-14-2-1-3-15(10-14)13-24-6-8-26-9-7-24;/h1-3,10,20H,4-9,11-13H2,(H,21,25)(H,22,23);1H. The summed E-state index contributed by atoms with van der Waals surface area (Å²) in [5, 5.41) is 13.5. The van der Waals surface area contributed by atoms with Crippen LogP contribution in [0.25, 0.3) is 0 Å². The number of amides is 1. The van der Waals surface area contributed by atoms with Gasteiger partial charge in [0.05, 0.1) is 13.2 Å². The molecule has 1 fully saturated rings. The number of ether oxygens (including phenoxy) is 1. The van der Waals surface area contributed by atoms with Gasteiger partial charge in [0.15, 0.2) is 5.69 Å². The highest BCUT2D eigenvalue weighted by molar-refractivity contribution is 5.94. The Bertz CT molecular complexity index is 773. The van der Waals surface area contributed by atoms with E-state index in [4.69, 9.17) is 4.74 Å². The molecule has 2 aromatic rings. The van der Waals surface area contributed by atoms with Crippen LogP contribution in [-0.2, 0) is 30.8 Å². The van der Waals surface area contributed by atoms with Gasteiger partial charge in [-0.05, 0) is 11.1 Å². The molecule has 1 aromatic carbocycles. The van der Waals surface area contributed by atoms with Crippen LogP contribution in [0, 0.1) is 0 Å². The summed E-state index contributed by atoms with van der Waals surface area (Å²) in [5.41, 5.74) is 4.94. The Hall–Kier alpha value is -1.93. The molecule has 1 saturated heterocycles. The van der Waals surface area contributed by atoms with Crippen molar-refractivity contribution in [2.24, 2.45) is 0 Å². The van der Waals surface area contributed by atoms with Crippen LogP contribution < -0.4 is 10.6 Å². The first-order chi connectivity index (χ1) is 12.8. The summed E-state index contributed by atoms with van der Waals surface area (Å²) in [6, 6.07) is 8.40. The number of morpholine rings is 1. The molecule has 8 heteroatoms. The van der Waals surface area contributed by atoms with Gasteiger partial charge in [0.1, 0.15) is 0 Å². The first kappa shape index (κ1) is 19.8. The predicted molar refractivity (Wildman–Crippen MR) is 105 cm³/mol. The summed E-state index contributed by atoms with van der Waals surface area (Å²) < 4.78 is 5.40. The summed E-state index contributed by atoms with van der Waals surface area (Å²) >= 11 is 0. The van der Waals surface area contributed by atoms with Gasteiger partial charge in [-0.3, -0.25) is 14.8 Å². The average Bonchev–Trinajstić information content (AvgIpc) is 3.11. The minimum absolute atomic E-state index is 0. The van der Waals surface area contributed by atoms with Crippen molar-refractivity contribution in [3.05, 3.63) is 52.3 Å². The number of H-pyrrole nitrogens is 1. The summed E-state index contributed by atoms with van der Waals surface area (Å²) in [6.07, 6.45) is 0.888. The zero-order valence-corrected chi connectivity index (χ0v) is 16.1. The van der Waals surface area contributed by atoms with Crippen LogP contribution in [0.1, 0.15) is 32.9 Å². The second-order valence-corrected chi connectivity index (χ2v) is 6.85. The van der Waals surface area contributed by atoms with E-state index in [0.29, 0.717) is 18.8 Å². The van der Waals surface area contributed by atoms with Gasteiger partial charge in [-0.2, -0.15) is 5.10 Å². The topological polar surface area (TPSA) is 82.3 Å². The minimum atomic E-state index is -0.121. The smallest absolute Gasteiger partial charge is 0.272 e. The third kappa shape index (κ3) is 4.87. The molecule has 0 aliphatic carbocycles. The molecule has 0 saturated carbocycles. The van der Waals surface area contributed by atoms with Crippen molar-refractivity contribution in [1.29, 1.82) is 0 Å². The zero-order valence-electron chi connectivity index (χ0n) is 15.3. The van der Waals surface area contributed by atoms with Gasteiger partial charge >= 0.3 is 0 Å². The van der Waals surface area contributed by atoms with E-state index < -0.39 is 0 Å². The SMILES string of the molecule is Cl.O=C(NCc1cccc(CN2CCOCC2)c1)c1n[nH]c2c1CNCC2. The van der Waals surface area contributed by atoms with E-state index in [2.05, 4.69) is 43.9 Å². The highest BCUT2D eigenvalue weighted by atomic mass is 35.5. The molecular formula is C19H26ClN5O2. The molecule has 0 atom stereocenters. The van der Waals surface area contributed by atoms with Crippen LogP contribution in [0.4, 0.5) is 0 Å². The fourth-order valence-corrected chi connectivity index (χ4v) is 3.53. The second-order valence-electron chi connectivity index (χ2n) is 6.85. The Balaban J connectivity index is 0.00000210. The van der Waals surface area contributed by atoms with Gasteiger partial charge in [0.25, 0.3) is 5.91 Å². The molecule has 3 N–H and O–H groups in total. The van der Waals surface area contributed by atoms with Crippen molar-refractivity contribution in [1.82, 2.24) is 25.7 Å². The van der Waals surface area contributed by atoms with Crippen molar-refractivity contribution >= 4 is 18.3 Å². The Kier molecular flexibility index (Phi) is 6.84. The highest BCUT2D eigenvalue weighted by Gasteiger charge is 2.21. The minimum Gasteiger partial charge on any atom is -0.379 e. The molecule has 2 aliphatic heterocycles. The molecule has 146 valence electrons. The molecule has 0 bridgehead atoms. The van der Waals surface area contributed by atoms with Crippen molar-refractivity contribution in [3.8, 4) is 0 Å². The Morgan fingerprint density at radius 3 is 2.93 bits per heavy atom. The molecule has 7 nitrogen and oxygen atoms in total. The number of nitrogens with zero attached hydrogens (tertiary/aromatic N) is 2. The average molecular weight is 392 g/mol. The van der Waals surface area contributed by atoms with Crippen molar-refractivity contribution < 1.29 is 9.53 Å². The molecule has 2 aliphatic rings. The molecule has 0 radical (unpaired) electrons. The van der Waals surface area contributed by atoms with Crippen LogP contribution in [0.2, 0.25) is 0 Å². The Morgan fingerprint density at radius 2 is 2.07 bits per heavy atom. The summed E-state index contributed by atoms with van der Waals surface area (Å²) in [5.74, 6) is -0.121. The van der Waals surface area contributed by atoms with Crippen molar-refractivity contribution in [2.45, 2.75) is 26.1 Å². The lowest BCUT2D eigenvalue weighted by Gasteiger charge is -2.26. The van der Waals surface area contributed by atoms with Gasteiger partial charge in [-0.15, -0.1) is 12.4 Å². The molecule has 0 unspecified atom stereocenters. The van der Waals surface area contributed by atoms with Gasteiger partial charge in [-0.1, -0.05) is 24.3 Å². The molecule has 0 spiro atoms. The number of aromatic amines is 1. The quantitative estimate of drug-likeness (QED) is 0.714. The number of aromatic nitrogens is 2.